The van der Waals surface area contributed by atoms with Crippen LogP contribution in [-0.2, 0) is 19.6 Å². The number of nitrogens with one attached hydrogen (secondary N) is 1. The molecule has 0 fully saturated rings. The Labute approximate surface area is 185 Å². The number of rotatable bonds is 9. The van der Waals surface area contributed by atoms with Crippen molar-refractivity contribution in [3.05, 3.63) is 80.7 Å². The number of methoxy groups -OCH3 is 1. The molecular weight excluding hydrogens is 438 g/mol. The molecule has 158 valence electrons. The van der Waals surface area contributed by atoms with Crippen molar-refractivity contribution in [2.24, 2.45) is 0 Å². The smallest absolute Gasteiger partial charge is 0.306 e. The summed E-state index contributed by atoms with van der Waals surface area (Å²) < 4.78 is 33.9. The molecule has 0 amide bonds. The first kappa shape index (κ1) is 22.4. The SMILES string of the molecule is COC(=O)C[C@@H](c1cccs1)[C@@H](/C=C/c1cccs1)NS(=O)(=O)c1ccc(C)cc1. The van der Waals surface area contributed by atoms with Crippen LogP contribution in [0.15, 0.2) is 70.3 Å². The van der Waals surface area contributed by atoms with Gasteiger partial charge in [0.15, 0.2) is 0 Å². The quantitative estimate of drug-likeness (QED) is 0.464. The third-order valence-corrected chi connectivity index (χ3v) is 7.91. The molecule has 2 aromatic heterocycles. The number of carbonyl (C=O) groups is 1. The Hall–Kier alpha value is -2.26. The van der Waals surface area contributed by atoms with Gasteiger partial charge in [0.25, 0.3) is 0 Å². The molecule has 0 aliphatic carbocycles. The third-order valence-electron chi connectivity index (χ3n) is 4.59. The number of hydrogen-bond donors (Lipinski definition) is 1. The third kappa shape index (κ3) is 5.89. The van der Waals surface area contributed by atoms with E-state index in [-0.39, 0.29) is 11.3 Å². The van der Waals surface area contributed by atoms with Crippen LogP contribution in [-0.4, -0.2) is 27.5 Å². The lowest BCUT2D eigenvalue weighted by Crippen LogP contribution is -2.38. The monoisotopic (exact) mass is 461 g/mol. The van der Waals surface area contributed by atoms with Crippen LogP contribution >= 0.6 is 22.7 Å². The number of aryl methyl sites for hydroxylation is 1. The van der Waals surface area contributed by atoms with Crippen LogP contribution in [0, 0.1) is 6.92 Å². The predicted octanol–water partition coefficient (Wildman–Crippen LogP) is 4.83. The van der Waals surface area contributed by atoms with Crippen molar-refractivity contribution in [2.75, 3.05) is 7.11 Å². The molecular formula is C22H23NO4S3. The van der Waals surface area contributed by atoms with Gasteiger partial charge in [0.2, 0.25) is 10.0 Å². The largest absolute Gasteiger partial charge is 0.469 e. The van der Waals surface area contributed by atoms with Gasteiger partial charge in [-0.1, -0.05) is 35.9 Å². The first-order valence-electron chi connectivity index (χ1n) is 9.30. The van der Waals surface area contributed by atoms with Gasteiger partial charge in [-0.2, -0.15) is 0 Å². The van der Waals surface area contributed by atoms with Gasteiger partial charge >= 0.3 is 5.97 Å². The van der Waals surface area contributed by atoms with Crippen LogP contribution in [0.3, 0.4) is 0 Å². The number of esters is 1. The van der Waals surface area contributed by atoms with Gasteiger partial charge in [-0.3, -0.25) is 4.79 Å². The van der Waals surface area contributed by atoms with Crippen LogP contribution in [0.2, 0.25) is 0 Å². The molecule has 1 N–H and O–H groups in total. The summed E-state index contributed by atoms with van der Waals surface area (Å²) in [5, 5.41) is 3.87. The minimum atomic E-state index is -3.79. The summed E-state index contributed by atoms with van der Waals surface area (Å²) >= 11 is 3.04. The fraction of sp³-hybridized carbons (Fsp3) is 0.227. The molecule has 2 atom stereocenters. The molecule has 0 radical (unpaired) electrons. The Bertz CT molecular complexity index is 1070. The summed E-state index contributed by atoms with van der Waals surface area (Å²) in [5.74, 6) is -0.786. The lowest BCUT2D eigenvalue weighted by atomic mass is 9.94. The molecule has 1 aromatic carbocycles. The molecule has 0 saturated heterocycles. The van der Waals surface area contributed by atoms with Crippen molar-refractivity contribution in [3.63, 3.8) is 0 Å². The summed E-state index contributed by atoms with van der Waals surface area (Å²) in [6.45, 7) is 1.90. The van der Waals surface area contributed by atoms with Gasteiger partial charge in [-0.25, -0.2) is 13.1 Å². The maximum atomic E-state index is 13.1. The second kappa shape index (κ2) is 10.2. The number of hydrogen-bond acceptors (Lipinski definition) is 6. The van der Waals surface area contributed by atoms with Gasteiger partial charge in [-0.15, -0.1) is 22.7 Å². The number of benzene rings is 1. The summed E-state index contributed by atoms with van der Waals surface area (Å²) in [4.78, 5) is 14.2. The van der Waals surface area contributed by atoms with E-state index in [4.69, 9.17) is 4.74 Å². The zero-order chi connectivity index (χ0) is 21.6. The summed E-state index contributed by atoms with van der Waals surface area (Å²) in [6.07, 6.45) is 3.75. The predicted molar refractivity (Wildman–Crippen MR) is 122 cm³/mol. The molecule has 0 saturated carbocycles. The van der Waals surface area contributed by atoms with E-state index in [1.54, 1.807) is 35.6 Å². The Morgan fingerprint density at radius 3 is 2.40 bits per heavy atom. The van der Waals surface area contributed by atoms with Gasteiger partial charge in [0.1, 0.15) is 0 Å². The molecule has 2 heterocycles. The second-order valence-corrected chi connectivity index (χ2v) is 10.4. The highest BCUT2D eigenvalue weighted by Gasteiger charge is 2.29. The van der Waals surface area contributed by atoms with Crippen molar-refractivity contribution >= 4 is 44.7 Å². The lowest BCUT2D eigenvalue weighted by molar-refractivity contribution is -0.141. The molecule has 0 bridgehead atoms. The average molecular weight is 462 g/mol. The number of ether oxygens (including phenoxy) is 1. The Morgan fingerprint density at radius 1 is 1.10 bits per heavy atom. The highest BCUT2D eigenvalue weighted by atomic mass is 32.2. The summed E-state index contributed by atoms with van der Waals surface area (Å²) in [5.41, 5.74) is 0.977. The molecule has 3 rings (SSSR count). The summed E-state index contributed by atoms with van der Waals surface area (Å²) in [7, 11) is -2.46. The van der Waals surface area contributed by atoms with Gasteiger partial charge in [-0.05, 0) is 48.0 Å². The van der Waals surface area contributed by atoms with Gasteiger partial charge in [0, 0.05) is 21.7 Å². The zero-order valence-corrected chi connectivity index (χ0v) is 19.1. The molecule has 0 aliphatic heterocycles. The molecule has 0 spiro atoms. The van der Waals surface area contributed by atoms with E-state index < -0.39 is 28.0 Å². The number of carbonyl (C=O) groups excluding carboxylic acids is 1. The van der Waals surface area contributed by atoms with E-state index in [1.807, 2.05) is 54.1 Å². The topological polar surface area (TPSA) is 72.5 Å². The van der Waals surface area contributed by atoms with E-state index in [9.17, 15) is 13.2 Å². The standard InChI is InChI=1S/C22H23NO4S3/c1-16-7-10-18(11-8-16)30(25,26)23-20(12-9-17-5-3-13-28-17)19(15-22(24)27-2)21-6-4-14-29-21/h3-14,19-20,23H,15H2,1-2H3/b12-9+/t19-,20-/m1/s1. The lowest BCUT2D eigenvalue weighted by Gasteiger charge is -2.24. The highest BCUT2D eigenvalue weighted by Crippen LogP contribution is 2.30. The Balaban J connectivity index is 1.97. The minimum absolute atomic E-state index is 0.0624. The first-order chi connectivity index (χ1) is 14.4. The van der Waals surface area contributed by atoms with E-state index in [1.165, 1.54) is 18.4 Å². The van der Waals surface area contributed by atoms with E-state index in [0.717, 1.165) is 15.3 Å². The van der Waals surface area contributed by atoms with Crippen LogP contribution in [0.1, 0.15) is 27.7 Å². The van der Waals surface area contributed by atoms with E-state index in [2.05, 4.69) is 4.72 Å². The Kier molecular flexibility index (Phi) is 7.60. The normalized spacial score (nSPS) is 13.9. The van der Waals surface area contributed by atoms with E-state index in [0.29, 0.717) is 0 Å². The van der Waals surface area contributed by atoms with Crippen LogP contribution < -0.4 is 4.72 Å². The van der Waals surface area contributed by atoms with Crippen LogP contribution in [0.5, 0.6) is 0 Å². The average Bonchev–Trinajstić information content (AvgIpc) is 3.43. The molecule has 3 aromatic rings. The van der Waals surface area contributed by atoms with Gasteiger partial charge < -0.3 is 4.74 Å². The highest BCUT2D eigenvalue weighted by molar-refractivity contribution is 7.89. The maximum absolute atomic E-state index is 13.1. The molecule has 30 heavy (non-hydrogen) atoms. The maximum Gasteiger partial charge on any atom is 0.306 e. The number of thiophene rings is 2. The molecule has 5 nitrogen and oxygen atoms in total. The van der Waals surface area contributed by atoms with Crippen molar-refractivity contribution in [1.82, 2.24) is 4.72 Å². The summed E-state index contributed by atoms with van der Waals surface area (Å²) in [6, 6.07) is 13.7. The van der Waals surface area contributed by atoms with E-state index >= 15 is 0 Å². The first-order valence-corrected chi connectivity index (χ1v) is 12.5. The molecule has 0 aliphatic rings. The molecule has 0 unspecified atom stereocenters. The Morgan fingerprint density at radius 2 is 1.80 bits per heavy atom. The van der Waals surface area contributed by atoms with Gasteiger partial charge in [0.05, 0.1) is 18.4 Å². The van der Waals surface area contributed by atoms with Crippen molar-refractivity contribution in [2.45, 2.75) is 30.2 Å². The second-order valence-electron chi connectivity index (χ2n) is 6.74. The zero-order valence-electron chi connectivity index (χ0n) is 16.6. The fourth-order valence-electron chi connectivity index (χ4n) is 2.97. The van der Waals surface area contributed by atoms with Crippen LogP contribution in [0.25, 0.3) is 6.08 Å². The van der Waals surface area contributed by atoms with Crippen LogP contribution in [0.4, 0.5) is 0 Å². The van der Waals surface area contributed by atoms with Crippen molar-refractivity contribution in [3.8, 4) is 0 Å². The minimum Gasteiger partial charge on any atom is -0.469 e. The van der Waals surface area contributed by atoms with Crippen molar-refractivity contribution < 1.29 is 17.9 Å². The fourth-order valence-corrected chi connectivity index (χ4v) is 5.71. The number of sulfonamides is 1. The van der Waals surface area contributed by atoms with Crippen molar-refractivity contribution in [1.29, 1.82) is 0 Å². The molecule has 8 heteroatoms.